The van der Waals surface area contributed by atoms with Gasteiger partial charge in [0.2, 0.25) is 0 Å². The van der Waals surface area contributed by atoms with Crippen LogP contribution < -0.4 is 4.90 Å². The molecule has 1 fully saturated rings. The lowest BCUT2D eigenvalue weighted by Gasteiger charge is -2.32. The van der Waals surface area contributed by atoms with E-state index in [0.29, 0.717) is 18.3 Å². The molecule has 0 spiro atoms. The van der Waals surface area contributed by atoms with Gasteiger partial charge in [0.05, 0.1) is 6.61 Å². The number of hydrogen-bond donors (Lipinski definition) is 0. The molecule has 1 unspecified atom stereocenters. The number of piperidine rings is 1. The molecule has 2 rings (SSSR count). The van der Waals surface area contributed by atoms with Crippen LogP contribution in [0.4, 0.5) is 5.13 Å². The maximum atomic E-state index is 11.5. The fourth-order valence-corrected chi connectivity index (χ4v) is 3.00. The lowest BCUT2D eigenvalue weighted by molar-refractivity contribution is 0.0520. The zero-order valence-electron chi connectivity index (χ0n) is 10.3. The van der Waals surface area contributed by atoms with Gasteiger partial charge in [0.15, 0.2) is 10.8 Å². The van der Waals surface area contributed by atoms with E-state index in [-0.39, 0.29) is 5.97 Å². The van der Waals surface area contributed by atoms with E-state index in [1.807, 2.05) is 0 Å². The molecular formula is C12H18N2O2S. The van der Waals surface area contributed by atoms with Gasteiger partial charge in [-0.3, -0.25) is 0 Å². The van der Waals surface area contributed by atoms with E-state index in [0.717, 1.165) is 11.7 Å². The van der Waals surface area contributed by atoms with E-state index in [2.05, 4.69) is 16.8 Å². The molecule has 1 saturated heterocycles. The number of anilines is 1. The van der Waals surface area contributed by atoms with Crippen LogP contribution in [-0.4, -0.2) is 30.1 Å². The van der Waals surface area contributed by atoms with Crippen LogP contribution in [0, 0.1) is 0 Å². The van der Waals surface area contributed by atoms with Crippen LogP contribution in [0.3, 0.4) is 0 Å². The summed E-state index contributed by atoms with van der Waals surface area (Å²) in [6.45, 7) is 5.45. The SMILES string of the molecule is CCOC(=O)c1csc(N2CCCCC2C)n1. The van der Waals surface area contributed by atoms with Crippen molar-refractivity contribution in [2.75, 3.05) is 18.1 Å². The van der Waals surface area contributed by atoms with Gasteiger partial charge in [0.25, 0.3) is 0 Å². The maximum Gasteiger partial charge on any atom is 0.357 e. The molecule has 1 aliphatic rings. The molecule has 94 valence electrons. The van der Waals surface area contributed by atoms with Crippen molar-refractivity contribution in [3.8, 4) is 0 Å². The predicted molar refractivity (Wildman–Crippen MR) is 68.7 cm³/mol. The molecule has 17 heavy (non-hydrogen) atoms. The van der Waals surface area contributed by atoms with Crippen LogP contribution in [0.2, 0.25) is 0 Å². The van der Waals surface area contributed by atoms with Crippen molar-refractivity contribution in [1.29, 1.82) is 0 Å². The van der Waals surface area contributed by atoms with Gasteiger partial charge in [0, 0.05) is 18.0 Å². The number of thiazole rings is 1. The van der Waals surface area contributed by atoms with Crippen LogP contribution in [0.15, 0.2) is 5.38 Å². The Balaban J connectivity index is 2.09. The number of ether oxygens (including phenoxy) is 1. The minimum absolute atomic E-state index is 0.320. The van der Waals surface area contributed by atoms with E-state index in [4.69, 9.17) is 4.74 Å². The second-order valence-corrected chi connectivity index (χ2v) is 5.11. The first-order valence-corrected chi connectivity index (χ1v) is 6.99. The lowest BCUT2D eigenvalue weighted by atomic mass is 10.1. The van der Waals surface area contributed by atoms with Crippen LogP contribution in [0.5, 0.6) is 0 Å². The number of aromatic nitrogens is 1. The summed E-state index contributed by atoms with van der Waals surface area (Å²) in [6.07, 6.45) is 3.70. The first-order chi connectivity index (χ1) is 8.22. The molecule has 0 aromatic carbocycles. The molecule has 1 aromatic heterocycles. The number of rotatable bonds is 3. The highest BCUT2D eigenvalue weighted by Crippen LogP contribution is 2.27. The van der Waals surface area contributed by atoms with Gasteiger partial charge in [-0.25, -0.2) is 9.78 Å². The lowest BCUT2D eigenvalue weighted by Crippen LogP contribution is -2.37. The first-order valence-electron chi connectivity index (χ1n) is 6.11. The van der Waals surface area contributed by atoms with Gasteiger partial charge < -0.3 is 9.64 Å². The Morgan fingerprint density at radius 1 is 1.65 bits per heavy atom. The first kappa shape index (κ1) is 12.4. The third-order valence-corrected chi connectivity index (χ3v) is 3.90. The molecule has 0 radical (unpaired) electrons. The highest BCUT2D eigenvalue weighted by molar-refractivity contribution is 7.13. The van der Waals surface area contributed by atoms with Crippen molar-refractivity contribution in [2.45, 2.75) is 39.2 Å². The summed E-state index contributed by atoms with van der Waals surface area (Å²) in [5.74, 6) is -0.320. The third kappa shape index (κ3) is 2.77. The van der Waals surface area contributed by atoms with Crippen molar-refractivity contribution in [2.24, 2.45) is 0 Å². The number of nitrogens with zero attached hydrogens (tertiary/aromatic N) is 2. The molecular weight excluding hydrogens is 236 g/mol. The summed E-state index contributed by atoms with van der Waals surface area (Å²) in [5.41, 5.74) is 0.435. The summed E-state index contributed by atoms with van der Waals surface area (Å²) < 4.78 is 4.94. The Bertz CT molecular complexity index is 392. The Labute approximate surface area is 106 Å². The summed E-state index contributed by atoms with van der Waals surface area (Å²) in [7, 11) is 0. The van der Waals surface area contributed by atoms with E-state index >= 15 is 0 Å². The van der Waals surface area contributed by atoms with Crippen LogP contribution >= 0.6 is 11.3 Å². The fraction of sp³-hybridized carbons (Fsp3) is 0.667. The average Bonchev–Trinajstić information content (AvgIpc) is 2.79. The second-order valence-electron chi connectivity index (χ2n) is 4.27. The molecule has 1 atom stereocenters. The summed E-state index contributed by atoms with van der Waals surface area (Å²) in [6, 6.07) is 0.518. The summed E-state index contributed by atoms with van der Waals surface area (Å²) in [4.78, 5) is 18.2. The molecule has 0 saturated carbocycles. The zero-order chi connectivity index (χ0) is 12.3. The van der Waals surface area contributed by atoms with Crippen molar-refractivity contribution in [1.82, 2.24) is 4.98 Å². The smallest absolute Gasteiger partial charge is 0.357 e. The summed E-state index contributed by atoms with van der Waals surface area (Å²) in [5, 5.41) is 2.73. The van der Waals surface area contributed by atoms with E-state index in [9.17, 15) is 4.79 Å². The zero-order valence-corrected chi connectivity index (χ0v) is 11.1. The number of carbonyl (C=O) groups is 1. The van der Waals surface area contributed by atoms with Gasteiger partial charge in [-0.05, 0) is 33.1 Å². The van der Waals surface area contributed by atoms with E-state index < -0.39 is 0 Å². The molecule has 2 heterocycles. The van der Waals surface area contributed by atoms with Gasteiger partial charge >= 0.3 is 5.97 Å². The minimum Gasteiger partial charge on any atom is -0.461 e. The number of carbonyl (C=O) groups excluding carboxylic acids is 1. The summed E-state index contributed by atoms with van der Waals surface area (Å²) >= 11 is 1.53. The van der Waals surface area contributed by atoms with Crippen molar-refractivity contribution in [3.05, 3.63) is 11.1 Å². The van der Waals surface area contributed by atoms with Crippen molar-refractivity contribution >= 4 is 22.4 Å². The number of hydrogen-bond acceptors (Lipinski definition) is 5. The predicted octanol–water partition coefficient (Wildman–Crippen LogP) is 2.70. The molecule has 4 nitrogen and oxygen atoms in total. The quantitative estimate of drug-likeness (QED) is 0.778. The van der Waals surface area contributed by atoms with Gasteiger partial charge in [-0.1, -0.05) is 0 Å². The molecule has 0 bridgehead atoms. The van der Waals surface area contributed by atoms with Crippen LogP contribution in [0.1, 0.15) is 43.6 Å². The third-order valence-electron chi connectivity index (χ3n) is 3.03. The monoisotopic (exact) mass is 254 g/mol. The largest absolute Gasteiger partial charge is 0.461 e. The van der Waals surface area contributed by atoms with Crippen LogP contribution in [0.25, 0.3) is 0 Å². The average molecular weight is 254 g/mol. The molecule has 0 aliphatic carbocycles. The Hall–Kier alpha value is -1.10. The normalized spacial score (nSPS) is 20.4. The Morgan fingerprint density at radius 2 is 2.47 bits per heavy atom. The second kappa shape index (κ2) is 5.49. The Kier molecular flexibility index (Phi) is 3.99. The molecule has 1 aromatic rings. The van der Waals surface area contributed by atoms with Crippen molar-refractivity contribution < 1.29 is 9.53 Å². The van der Waals surface area contributed by atoms with E-state index in [1.165, 1.54) is 30.6 Å². The molecule has 0 amide bonds. The molecule has 1 aliphatic heterocycles. The van der Waals surface area contributed by atoms with Crippen LogP contribution in [-0.2, 0) is 4.74 Å². The fourth-order valence-electron chi connectivity index (χ4n) is 2.08. The van der Waals surface area contributed by atoms with Crippen molar-refractivity contribution in [3.63, 3.8) is 0 Å². The molecule has 0 N–H and O–H groups in total. The highest BCUT2D eigenvalue weighted by Gasteiger charge is 2.22. The topological polar surface area (TPSA) is 42.4 Å². The Morgan fingerprint density at radius 3 is 3.18 bits per heavy atom. The standard InChI is InChI=1S/C12H18N2O2S/c1-3-16-11(15)10-8-17-12(13-10)14-7-5-4-6-9(14)2/h8-9H,3-7H2,1-2H3. The maximum absolute atomic E-state index is 11.5. The highest BCUT2D eigenvalue weighted by atomic mass is 32.1. The molecule has 5 heteroatoms. The van der Waals surface area contributed by atoms with Gasteiger partial charge in [0.1, 0.15) is 0 Å². The van der Waals surface area contributed by atoms with Gasteiger partial charge in [-0.15, -0.1) is 11.3 Å². The van der Waals surface area contributed by atoms with E-state index in [1.54, 1.807) is 12.3 Å². The minimum atomic E-state index is -0.320. The van der Waals surface area contributed by atoms with Gasteiger partial charge in [-0.2, -0.15) is 0 Å². The number of esters is 1.